The van der Waals surface area contributed by atoms with Gasteiger partial charge in [-0.3, -0.25) is 0 Å². The van der Waals surface area contributed by atoms with Crippen LogP contribution in [0, 0.1) is 0 Å². The molecule has 1 aromatic heterocycles. The Balaban J connectivity index is 1.90. The first-order valence-electron chi connectivity index (χ1n) is 6.95. The van der Waals surface area contributed by atoms with Gasteiger partial charge < -0.3 is 14.8 Å². The highest BCUT2D eigenvalue weighted by molar-refractivity contribution is 5.92. The van der Waals surface area contributed by atoms with E-state index in [9.17, 15) is 4.79 Å². The van der Waals surface area contributed by atoms with Crippen molar-refractivity contribution in [3.63, 3.8) is 0 Å². The standard InChI is InChI=1S/C17H15N3O3/c1-22-13-7-8-14-15(9-13)18-10-19-16(14)20-12-5-3-11(4-6-12)17(21)23-2/h3-10H,1-2H3,(H,18,19,20). The van der Waals surface area contributed by atoms with E-state index in [0.29, 0.717) is 11.4 Å². The Kier molecular flexibility index (Phi) is 4.05. The molecule has 0 bridgehead atoms. The van der Waals surface area contributed by atoms with E-state index in [1.54, 1.807) is 31.4 Å². The predicted molar refractivity (Wildman–Crippen MR) is 87.2 cm³/mol. The van der Waals surface area contributed by atoms with Crippen molar-refractivity contribution in [1.82, 2.24) is 9.97 Å². The molecular weight excluding hydrogens is 294 g/mol. The second kappa shape index (κ2) is 6.31. The maximum Gasteiger partial charge on any atom is 0.337 e. The van der Waals surface area contributed by atoms with Crippen molar-refractivity contribution in [1.29, 1.82) is 0 Å². The van der Waals surface area contributed by atoms with Gasteiger partial charge >= 0.3 is 5.97 Å². The second-order valence-electron chi connectivity index (χ2n) is 4.80. The second-order valence-corrected chi connectivity index (χ2v) is 4.80. The van der Waals surface area contributed by atoms with Gasteiger partial charge in [0.1, 0.15) is 17.9 Å². The molecule has 0 unspecified atom stereocenters. The van der Waals surface area contributed by atoms with Gasteiger partial charge in [-0.05, 0) is 36.4 Å². The predicted octanol–water partition coefficient (Wildman–Crippen LogP) is 3.17. The molecule has 23 heavy (non-hydrogen) atoms. The zero-order valence-electron chi connectivity index (χ0n) is 12.7. The summed E-state index contributed by atoms with van der Waals surface area (Å²) < 4.78 is 9.88. The molecule has 0 radical (unpaired) electrons. The molecule has 2 aromatic carbocycles. The Labute approximate surface area is 133 Å². The minimum atomic E-state index is -0.365. The molecule has 0 spiro atoms. The van der Waals surface area contributed by atoms with Gasteiger partial charge in [-0.2, -0.15) is 0 Å². The van der Waals surface area contributed by atoms with Crippen LogP contribution in [0.3, 0.4) is 0 Å². The minimum absolute atomic E-state index is 0.365. The number of esters is 1. The van der Waals surface area contributed by atoms with Crippen molar-refractivity contribution in [2.45, 2.75) is 0 Å². The van der Waals surface area contributed by atoms with Crippen molar-refractivity contribution in [3.05, 3.63) is 54.4 Å². The van der Waals surface area contributed by atoms with Crippen LogP contribution in [0.4, 0.5) is 11.5 Å². The maximum atomic E-state index is 11.4. The number of hydrogen-bond donors (Lipinski definition) is 1. The van der Waals surface area contributed by atoms with Crippen LogP contribution >= 0.6 is 0 Å². The van der Waals surface area contributed by atoms with Gasteiger partial charge in [0.15, 0.2) is 0 Å². The first-order chi connectivity index (χ1) is 11.2. The van der Waals surface area contributed by atoms with Crippen LogP contribution in [0.25, 0.3) is 10.9 Å². The molecule has 0 aliphatic carbocycles. The lowest BCUT2D eigenvalue weighted by Gasteiger charge is -2.09. The van der Waals surface area contributed by atoms with Crippen molar-refractivity contribution < 1.29 is 14.3 Å². The lowest BCUT2D eigenvalue weighted by atomic mass is 10.2. The number of rotatable bonds is 4. The van der Waals surface area contributed by atoms with E-state index >= 15 is 0 Å². The Morgan fingerprint density at radius 1 is 1.04 bits per heavy atom. The van der Waals surface area contributed by atoms with Crippen LogP contribution in [-0.2, 0) is 4.74 Å². The number of carbonyl (C=O) groups excluding carboxylic acids is 1. The van der Waals surface area contributed by atoms with E-state index in [0.717, 1.165) is 22.3 Å². The van der Waals surface area contributed by atoms with Gasteiger partial charge in [-0.25, -0.2) is 14.8 Å². The Morgan fingerprint density at radius 3 is 2.52 bits per heavy atom. The average Bonchev–Trinajstić information content (AvgIpc) is 2.61. The molecule has 6 heteroatoms. The molecule has 0 amide bonds. The van der Waals surface area contributed by atoms with Crippen LogP contribution in [0.5, 0.6) is 5.75 Å². The SMILES string of the molecule is COC(=O)c1ccc(Nc2ncnc3cc(OC)ccc23)cc1. The number of fused-ring (bicyclic) bond motifs is 1. The van der Waals surface area contributed by atoms with Gasteiger partial charge in [0.2, 0.25) is 0 Å². The number of ether oxygens (including phenoxy) is 2. The van der Waals surface area contributed by atoms with Crippen LogP contribution in [0.15, 0.2) is 48.8 Å². The third-order valence-electron chi connectivity index (χ3n) is 3.41. The first-order valence-corrected chi connectivity index (χ1v) is 6.95. The van der Waals surface area contributed by atoms with E-state index in [1.807, 2.05) is 18.2 Å². The van der Waals surface area contributed by atoms with E-state index in [2.05, 4.69) is 20.0 Å². The highest BCUT2D eigenvalue weighted by atomic mass is 16.5. The lowest BCUT2D eigenvalue weighted by Crippen LogP contribution is -2.01. The zero-order chi connectivity index (χ0) is 16.2. The smallest absolute Gasteiger partial charge is 0.337 e. The third-order valence-corrected chi connectivity index (χ3v) is 3.41. The number of nitrogens with one attached hydrogen (secondary N) is 1. The molecule has 0 atom stereocenters. The van der Waals surface area contributed by atoms with Gasteiger partial charge in [-0.1, -0.05) is 0 Å². The van der Waals surface area contributed by atoms with Crippen molar-refractivity contribution in [2.24, 2.45) is 0 Å². The fourth-order valence-corrected chi connectivity index (χ4v) is 2.21. The molecule has 6 nitrogen and oxygen atoms in total. The van der Waals surface area contributed by atoms with E-state index in [-0.39, 0.29) is 5.97 Å². The fourth-order valence-electron chi connectivity index (χ4n) is 2.21. The highest BCUT2D eigenvalue weighted by Crippen LogP contribution is 2.26. The number of nitrogens with zero attached hydrogens (tertiary/aromatic N) is 2. The van der Waals surface area contributed by atoms with Gasteiger partial charge in [0, 0.05) is 17.1 Å². The molecule has 0 saturated heterocycles. The molecular formula is C17H15N3O3. The molecule has 0 aliphatic rings. The fraction of sp³-hybridized carbons (Fsp3) is 0.118. The Bertz CT molecular complexity index is 847. The molecule has 3 aromatic rings. The van der Waals surface area contributed by atoms with E-state index < -0.39 is 0 Å². The molecule has 0 aliphatic heterocycles. The zero-order valence-corrected chi connectivity index (χ0v) is 12.7. The minimum Gasteiger partial charge on any atom is -0.497 e. The third kappa shape index (κ3) is 3.06. The summed E-state index contributed by atoms with van der Waals surface area (Å²) in [6.45, 7) is 0. The van der Waals surface area contributed by atoms with Crippen LogP contribution in [-0.4, -0.2) is 30.2 Å². The largest absolute Gasteiger partial charge is 0.497 e. The van der Waals surface area contributed by atoms with Crippen molar-refractivity contribution in [2.75, 3.05) is 19.5 Å². The van der Waals surface area contributed by atoms with Crippen molar-refractivity contribution >= 4 is 28.4 Å². The summed E-state index contributed by atoms with van der Waals surface area (Å²) in [7, 11) is 2.97. The summed E-state index contributed by atoms with van der Waals surface area (Å²) in [6, 6.07) is 12.6. The summed E-state index contributed by atoms with van der Waals surface area (Å²) in [4.78, 5) is 20.0. The lowest BCUT2D eigenvalue weighted by molar-refractivity contribution is 0.0601. The van der Waals surface area contributed by atoms with E-state index in [1.165, 1.54) is 13.4 Å². The highest BCUT2D eigenvalue weighted by Gasteiger charge is 2.07. The average molecular weight is 309 g/mol. The summed E-state index contributed by atoms with van der Waals surface area (Å²) in [5.74, 6) is 1.06. The quantitative estimate of drug-likeness (QED) is 0.746. The van der Waals surface area contributed by atoms with E-state index in [4.69, 9.17) is 4.74 Å². The van der Waals surface area contributed by atoms with Gasteiger partial charge in [0.05, 0.1) is 25.3 Å². The Hall–Kier alpha value is -3.15. The topological polar surface area (TPSA) is 73.3 Å². The summed E-state index contributed by atoms with van der Waals surface area (Å²) in [5, 5.41) is 4.10. The number of anilines is 2. The molecule has 3 rings (SSSR count). The summed E-state index contributed by atoms with van der Waals surface area (Å²) >= 11 is 0. The summed E-state index contributed by atoms with van der Waals surface area (Å²) in [6.07, 6.45) is 1.49. The maximum absolute atomic E-state index is 11.4. The van der Waals surface area contributed by atoms with Gasteiger partial charge in [0.25, 0.3) is 0 Å². The molecule has 1 N–H and O–H groups in total. The Morgan fingerprint density at radius 2 is 1.83 bits per heavy atom. The normalized spacial score (nSPS) is 10.3. The molecule has 1 heterocycles. The number of aromatic nitrogens is 2. The molecule has 116 valence electrons. The number of carbonyl (C=O) groups is 1. The van der Waals surface area contributed by atoms with Gasteiger partial charge in [-0.15, -0.1) is 0 Å². The number of hydrogen-bond acceptors (Lipinski definition) is 6. The van der Waals surface area contributed by atoms with Crippen LogP contribution in [0.2, 0.25) is 0 Å². The monoisotopic (exact) mass is 309 g/mol. The van der Waals surface area contributed by atoms with Crippen LogP contribution in [0.1, 0.15) is 10.4 Å². The number of benzene rings is 2. The molecule has 0 saturated carbocycles. The van der Waals surface area contributed by atoms with Crippen LogP contribution < -0.4 is 10.1 Å². The number of methoxy groups -OCH3 is 2. The molecule has 0 fully saturated rings. The first kappa shape index (κ1) is 14.8. The van der Waals surface area contributed by atoms with Crippen molar-refractivity contribution in [3.8, 4) is 5.75 Å². The summed E-state index contributed by atoms with van der Waals surface area (Å²) in [5.41, 5.74) is 2.09.